The zero-order chi connectivity index (χ0) is 15.6. The fourth-order valence-corrected chi connectivity index (χ4v) is 3.35. The molecule has 0 aliphatic rings. The Morgan fingerprint density at radius 1 is 1.29 bits per heavy atom. The van der Waals surface area contributed by atoms with Crippen LogP contribution in [0.1, 0.15) is 21.5 Å². The number of carboxylic acids is 1. The summed E-state index contributed by atoms with van der Waals surface area (Å²) >= 11 is 6.08. The van der Waals surface area contributed by atoms with Gasteiger partial charge in [-0.3, -0.25) is 4.21 Å². The molecule has 0 fully saturated rings. The molecule has 0 aliphatic heterocycles. The van der Waals surface area contributed by atoms with Gasteiger partial charge in [-0.25, -0.2) is 9.18 Å². The molecule has 0 saturated heterocycles. The minimum Gasteiger partial charge on any atom is -0.478 e. The number of carboxylic acid groups (broad SMARTS) is 1. The first-order chi connectivity index (χ1) is 9.88. The van der Waals surface area contributed by atoms with Gasteiger partial charge in [0.05, 0.1) is 22.1 Å². The summed E-state index contributed by atoms with van der Waals surface area (Å²) in [6, 6.07) is 8.81. The van der Waals surface area contributed by atoms with E-state index in [9.17, 15) is 13.4 Å². The van der Waals surface area contributed by atoms with E-state index in [0.717, 1.165) is 17.7 Å². The van der Waals surface area contributed by atoms with Crippen molar-refractivity contribution in [2.24, 2.45) is 0 Å². The van der Waals surface area contributed by atoms with E-state index >= 15 is 0 Å². The van der Waals surface area contributed by atoms with Gasteiger partial charge in [0.2, 0.25) is 0 Å². The first-order valence-electron chi connectivity index (χ1n) is 6.04. The van der Waals surface area contributed by atoms with Crippen LogP contribution < -0.4 is 0 Å². The molecule has 110 valence electrons. The van der Waals surface area contributed by atoms with E-state index < -0.39 is 28.1 Å². The normalized spacial score (nSPS) is 12.1. The Balaban J connectivity index is 2.28. The molecule has 0 amide bonds. The maximum absolute atomic E-state index is 13.3. The van der Waals surface area contributed by atoms with Crippen molar-refractivity contribution in [2.75, 3.05) is 0 Å². The predicted molar refractivity (Wildman–Crippen MR) is 79.7 cm³/mol. The second-order valence-electron chi connectivity index (χ2n) is 4.53. The van der Waals surface area contributed by atoms with Crippen LogP contribution in [-0.2, 0) is 16.6 Å². The molecule has 0 bridgehead atoms. The molecule has 0 aliphatic carbocycles. The molecule has 2 aromatic carbocycles. The smallest absolute Gasteiger partial charge is 0.338 e. The molecule has 2 aromatic rings. The summed E-state index contributed by atoms with van der Waals surface area (Å²) in [6.07, 6.45) is 0. The highest BCUT2D eigenvalue weighted by molar-refractivity contribution is 7.84. The molecule has 0 aromatic heterocycles. The summed E-state index contributed by atoms with van der Waals surface area (Å²) in [5, 5.41) is 9.38. The number of rotatable bonds is 4. The monoisotopic (exact) mass is 326 g/mol. The molecule has 1 N–H and O–H groups in total. The third-order valence-electron chi connectivity index (χ3n) is 2.93. The summed E-state index contributed by atoms with van der Waals surface area (Å²) in [4.78, 5) is 11.1. The number of hydrogen-bond donors (Lipinski definition) is 1. The van der Waals surface area contributed by atoms with Crippen molar-refractivity contribution < 1.29 is 18.5 Å². The van der Waals surface area contributed by atoms with E-state index in [4.69, 9.17) is 16.7 Å². The van der Waals surface area contributed by atoms with Crippen molar-refractivity contribution in [3.05, 3.63) is 63.9 Å². The molecule has 2 rings (SSSR count). The van der Waals surface area contributed by atoms with Crippen LogP contribution in [0.15, 0.2) is 41.3 Å². The number of aromatic carboxylic acids is 1. The van der Waals surface area contributed by atoms with E-state index in [1.54, 1.807) is 12.1 Å². The van der Waals surface area contributed by atoms with Gasteiger partial charge in [-0.2, -0.15) is 0 Å². The van der Waals surface area contributed by atoms with E-state index in [1.165, 1.54) is 6.07 Å². The SMILES string of the molecule is Cc1ccc(CS(=O)c2ccc(F)c(C(=O)O)c2)c(Cl)c1. The second kappa shape index (κ2) is 6.37. The van der Waals surface area contributed by atoms with Crippen LogP contribution in [0.5, 0.6) is 0 Å². The lowest BCUT2D eigenvalue weighted by molar-refractivity contribution is 0.0691. The maximum Gasteiger partial charge on any atom is 0.338 e. The number of aryl methyl sites for hydroxylation is 1. The van der Waals surface area contributed by atoms with Crippen molar-refractivity contribution in [1.82, 2.24) is 0 Å². The van der Waals surface area contributed by atoms with Crippen LogP contribution in [0, 0.1) is 12.7 Å². The van der Waals surface area contributed by atoms with Gasteiger partial charge in [0.15, 0.2) is 0 Å². The Kier molecular flexibility index (Phi) is 4.75. The van der Waals surface area contributed by atoms with Gasteiger partial charge in [0, 0.05) is 9.92 Å². The molecule has 0 spiro atoms. The van der Waals surface area contributed by atoms with Crippen molar-refractivity contribution >= 4 is 28.4 Å². The number of hydrogen-bond acceptors (Lipinski definition) is 2. The van der Waals surface area contributed by atoms with Gasteiger partial charge in [-0.1, -0.05) is 23.7 Å². The molecular formula is C15H12ClFO3S. The van der Waals surface area contributed by atoms with Crippen LogP contribution in [0.2, 0.25) is 5.02 Å². The number of carbonyl (C=O) groups is 1. The van der Waals surface area contributed by atoms with Gasteiger partial charge in [-0.15, -0.1) is 0 Å². The average Bonchev–Trinajstić information content (AvgIpc) is 2.42. The van der Waals surface area contributed by atoms with Crippen LogP contribution >= 0.6 is 11.6 Å². The highest BCUT2D eigenvalue weighted by Gasteiger charge is 2.15. The highest BCUT2D eigenvalue weighted by Crippen LogP contribution is 2.22. The Morgan fingerprint density at radius 3 is 2.62 bits per heavy atom. The highest BCUT2D eigenvalue weighted by atomic mass is 35.5. The zero-order valence-electron chi connectivity index (χ0n) is 11.1. The van der Waals surface area contributed by atoms with E-state index in [-0.39, 0.29) is 10.6 Å². The average molecular weight is 327 g/mol. The summed E-state index contributed by atoms with van der Waals surface area (Å²) < 4.78 is 25.6. The van der Waals surface area contributed by atoms with Crippen LogP contribution in [0.3, 0.4) is 0 Å². The summed E-state index contributed by atoms with van der Waals surface area (Å²) in [5.74, 6) is -2.10. The molecule has 0 radical (unpaired) electrons. The van der Waals surface area contributed by atoms with Crippen LogP contribution in [0.25, 0.3) is 0 Å². The number of halogens is 2. The summed E-state index contributed by atoms with van der Waals surface area (Å²) in [6.45, 7) is 1.89. The van der Waals surface area contributed by atoms with Gasteiger partial charge in [0.1, 0.15) is 5.82 Å². The first kappa shape index (κ1) is 15.7. The lowest BCUT2D eigenvalue weighted by Crippen LogP contribution is -2.04. The predicted octanol–water partition coefficient (Wildman–Crippen LogP) is 3.79. The van der Waals surface area contributed by atoms with Crippen molar-refractivity contribution in [3.63, 3.8) is 0 Å². The molecular weight excluding hydrogens is 315 g/mol. The molecule has 3 nitrogen and oxygen atoms in total. The fourth-order valence-electron chi connectivity index (χ4n) is 1.80. The third kappa shape index (κ3) is 3.68. The third-order valence-corrected chi connectivity index (χ3v) is 4.63. The van der Waals surface area contributed by atoms with Crippen molar-refractivity contribution in [3.8, 4) is 0 Å². The van der Waals surface area contributed by atoms with Crippen molar-refractivity contribution in [1.29, 1.82) is 0 Å². The minimum atomic E-state index is -1.50. The fraction of sp³-hybridized carbons (Fsp3) is 0.133. The van der Waals surface area contributed by atoms with E-state index in [2.05, 4.69) is 0 Å². The van der Waals surface area contributed by atoms with Crippen LogP contribution in [0.4, 0.5) is 4.39 Å². The van der Waals surface area contributed by atoms with Crippen molar-refractivity contribution in [2.45, 2.75) is 17.6 Å². The Bertz CT molecular complexity index is 731. The summed E-state index contributed by atoms with van der Waals surface area (Å²) in [7, 11) is -1.50. The Labute approximate surface area is 128 Å². The summed E-state index contributed by atoms with van der Waals surface area (Å²) in [5.41, 5.74) is 1.20. The topological polar surface area (TPSA) is 54.4 Å². The van der Waals surface area contributed by atoms with E-state index in [0.29, 0.717) is 10.6 Å². The maximum atomic E-state index is 13.3. The molecule has 0 heterocycles. The minimum absolute atomic E-state index is 0.143. The Hall–Kier alpha value is -1.72. The van der Waals surface area contributed by atoms with Gasteiger partial charge < -0.3 is 5.11 Å². The molecule has 21 heavy (non-hydrogen) atoms. The second-order valence-corrected chi connectivity index (χ2v) is 6.39. The molecule has 1 atom stereocenters. The first-order valence-corrected chi connectivity index (χ1v) is 7.74. The lowest BCUT2D eigenvalue weighted by Gasteiger charge is -2.07. The zero-order valence-corrected chi connectivity index (χ0v) is 12.7. The molecule has 6 heteroatoms. The lowest BCUT2D eigenvalue weighted by atomic mass is 10.2. The van der Waals surface area contributed by atoms with E-state index in [1.807, 2.05) is 13.0 Å². The Morgan fingerprint density at radius 2 is 2.00 bits per heavy atom. The van der Waals surface area contributed by atoms with Gasteiger partial charge in [0.25, 0.3) is 0 Å². The largest absolute Gasteiger partial charge is 0.478 e. The van der Waals surface area contributed by atoms with Gasteiger partial charge in [-0.05, 0) is 42.3 Å². The number of benzene rings is 2. The molecule has 1 unspecified atom stereocenters. The van der Waals surface area contributed by atoms with Gasteiger partial charge >= 0.3 is 5.97 Å². The molecule has 0 saturated carbocycles. The van der Waals surface area contributed by atoms with Crippen LogP contribution in [-0.4, -0.2) is 15.3 Å². The standard InChI is InChI=1S/C15H12ClFO3S/c1-9-2-3-10(13(16)6-9)8-21(20)11-4-5-14(17)12(7-11)15(18)19/h2-7H,8H2,1H3,(H,18,19). The quantitative estimate of drug-likeness (QED) is 0.930.